The maximum absolute atomic E-state index is 5.81. The molecule has 0 bridgehead atoms. The highest BCUT2D eigenvalue weighted by Crippen LogP contribution is 2.08. The summed E-state index contributed by atoms with van der Waals surface area (Å²) < 4.78 is 4.96. The molecule has 0 aliphatic rings. The van der Waals surface area contributed by atoms with Gasteiger partial charge in [-0.25, -0.2) is 4.99 Å². The first kappa shape index (κ1) is 15.5. The largest absolute Gasteiger partial charge is 0.370 e. The molecule has 108 valence electrons. The quantitative estimate of drug-likeness (QED) is 0.582. The molecule has 1 unspecified atom stereocenters. The van der Waals surface area contributed by atoms with Crippen molar-refractivity contribution in [3.8, 4) is 0 Å². The molecule has 3 N–H and O–H groups in total. The van der Waals surface area contributed by atoms with Crippen LogP contribution >= 0.6 is 0 Å². The summed E-state index contributed by atoms with van der Waals surface area (Å²) in [6, 6.07) is 0.326. The number of hydrogen-bond acceptors (Lipinski definition) is 4. The zero-order valence-corrected chi connectivity index (χ0v) is 12.3. The molecule has 19 heavy (non-hydrogen) atoms. The Morgan fingerprint density at radius 3 is 2.68 bits per heavy atom. The van der Waals surface area contributed by atoms with E-state index >= 15 is 0 Å². The third-order valence-corrected chi connectivity index (χ3v) is 2.77. The number of guanidine groups is 1. The van der Waals surface area contributed by atoms with Gasteiger partial charge in [0.2, 0.25) is 5.89 Å². The van der Waals surface area contributed by atoms with Crippen molar-refractivity contribution in [2.75, 3.05) is 0 Å². The van der Waals surface area contributed by atoms with Crippen molar-refractivity contribution >= 4 is 5.96 Å². The van der Waals surface area contributed by atoms with E-state index in [2.05, 4.69) is 41.2 Å². The predicted octanol–water partition coefficient (Wildman–Crippen LogP) is 2.00. The number of aromatic nitrogens is 2. The van der Waals surface area contributed by atoms with Crippen LogP contribution in [0.1, 0.15) is 51.7 Å². The lowest BCUT2D eigenvalue weighted by Crippen LogP contribution is -2.38. The van der Waals surface area contributed by atoms with Crippen LogP contribution in [0.25, 0.3) is 0 Å². The van der Waals surface area contributed by atoms with Crippen molar-refractivity contribution in [2.45, 2.75) is 59.5 Å². The highest BCUT2D eigenvalue weighted by atomic mass is 16.5. The van der Waals surface area contributed by atoms with Crippen LogP contribution in [-0.4, -0.2) is 22.1 Å². The molecule has 1 heterocycles. The van der Waals surface area contributed by atoms with Gasteiger partial charge in [-0.1, -0.05) is 31.8 Å². The van der Waals surface area contributed by atoms with Gasteiger partial charge >= 0.3 is 0 Å². The predicted molar refractivity (Wildman–Crippen MR) is 75.6 cm³/mol. The second-order valence-electron chi connectivity index (χ2n) is 5.31. The van der Waals surface area contributed by atoms with Crippen molar-refractivity contribution in [3.63, 3.8) is 0 Å². The van der Waals surface area contributed by atoms with E-state index in [1.807, 2.05) is 0 Å². The Bertz CT molecular complexity index is 399. The fraction of sp³-hybridized carbons (Fsp3) is 0.769. The number of aliphatic imine (C=N–C) groups is 1. The Morgan fingerprint density at radius 2 is 2.11 bits per heavy atom. The van der Waals surface area contributed by atoms with Crippen molar-refractivity contribution in [1.82, 2.24) is 15.5 Å². The minimum absolute atomic E-state index is 0.318. The first-order valence-electron chi connectivity index (χ1n) is 6.83. The SMILES string of the molecule is Cc1noc(CN=C(N)NC(C)CCCC(C)C)n1. The van der Waals surface area contributed by atoms with E-state index in [-0.39, 0.29) is 0 Å². The standard InChI is InChI=1S/C13H25N5O/c1-9(2)6-5-7-10(3)16-13(14)15-8-12-17-11(4)18-19-12/h9-10H,5-8H2,1-4H3,(H3,14,15,16). The molecule has 0 spiro atoms. The average Bonchev–Trinajstić information content (AvgIpc) is 2.72. The molecule has 6 heteroatoms. The van der Waals surface area contributed by atoms with Crippen LogP contribution in [0.4, 0.5) is 0 Å². The summed E-state index contributed by atoms with van der Waals surface area (Å²) in [5.74, 6) is 2.26. The van der Waals surface area contributed by atoms with E-state index in [1.54, 1.807) is 6.92 Å². The van der Waals surface area contributed by atoms with Gasteiger partial charge in [-0.15, -0.1) is 0 Å². The highest BCUT2D eigenvalue weighted by molar-refractivity contribution is 5.78. The zero-order valence-electron chi connectivity index (χ0n) is 12.3. The van der Waals surface area contributed by atoms with E-state index < -0.39 is 0 Å². The topological polar surface area (TPSA) is 89.3 Å². The Labute approximate surface area is 114 Å². The molecule has 1 aromatic heterocycles. The van der Waals surface area contributed by atoms with Gasteiger partial charge in [-0.2, -0.15) is 4.98 Å². The molecule has 1 rings (SSSR count). The van der Waals surface area contributed by atoms with Gasteiger partial charge in [0, 0.05) is 6.04 Å². The van der Waals surface area contributed by atoms with Crippen LogP contribution in [0.2, 0.25) is 0 Å². The minimum atomic E-state index is 0.318. The third kappa shape index (κ3) is 6.79. The maximum Gasteiger partial charge on any atom is 0.248 e. The lowest BCUT2D eigenvalue weighted by Gasteiger charge is -2.14. The van der Waals surface area contributed by atoms with Crippen LogP contribution in [0.3, 0.4) is 0 Å². The fourth-order valence-corrected chi connectivity index (χ4v) is 1.76. The summed E-state index contributed by atoms with van der Waals surface area (Å²) >= 11 is 0. The first-order valence-corrected chi connectivity index (χ1v) is 6.83. The molecule has 0 fully saturated rings. The van der Waals surface area contributed by atoms with E-state index in [9.17, 15) is 0 Å². The summed E-state index contributed by atoms with van der Waals surface area (Å²) in [5.41, 5.74) is 5.81. The lowest BCUT2D eigenvalue weighted by atomic mass is 10.0. The molecule has 0 saturated carbocycles. The fourth-order valence-electron chi connectivity index (χ4n) is 1.76. The van der Waals surface area contributed by atoms with Crippen molar-refractivity contribution in [3.05, 3.63) is 11.7 Å². The van der Waals surface area contributed by atoms with E-state index in [0.29, 0.717) is 30.3 Å². The second-order valence-corrected chi connectivity index (χ2v) is 5.31. The number of nitrogens with one attached hydrogen (secondary N) is 1. The Morgan fingerprint density at radius 1 is 1.37 bits per heavy atom. The normalized spacial score (nSPS) is 13.8. The number of aryl methyl sites for hydroxylation is 1. The maximum atomic E-state index is 5.81. The van der Waals surface area contributed by atoms with Gasteiger partial charge in [0.15, 0.2) is 11.8 Å². The van der Waals surface area contributed by atoms with E-state index in [4.69, 9.17) is 10.3 Å². The minimum Gasteiger partial charge on any atom is -0.370 e. The Kier molecular flexibility index (Phi) is 6.32. The molecular formula is C13H25N5O. The lowest BCUT2D eigenvalue weighted by molar-refractivity contribution is 0.376. The summed E-state index contributed by atoms with van der Waals surface area (Å²) in [5, 5.41) is 6.86. The molecule has 0 aliphatic carbocycles. The molecule has 1 atom stereocenters. The number of hydrogen-bond donors (Lipinski definition) is 2. The Hall–Kier alpha value is -1.59. The monoisotopic (exact) mass is 267 g/mol. The average molecular weight is 267 g/mol. The third-order valence-electron chi connectivity index (χ3n) is 2.77. The van der Waals surface area contributed by atoms with Crippen LogP contribution in [0.15, 0.2) is 9.52 Å². The number of nitrogens with two attached hydrogens (primary N) is 1. The van der Waals surface area contributed by atoms with Gasteiger partial charge in [-0.3, -0.25) is 0 Å². The van der Waals surface area contributed by atoms with E-state index in [1.165, 1.54) is 12.8 Å². The van der Waals surface area contributed by atoms with Crippen molar-refractivity contribution in [1.29, 1.82) is 0 Å². The summed E-state index contributed by atoms with van der Waals surface area (Å²) in [4.78, 5) is 8.24. The van der Waals surface area contributed by atoms with Crippen molar-refractivity contribution in [2.24, 2.45) is 16.6 Å². The van der Waals surface area contributed by atoms with Gasteiger partial charge in [0.25, 0.3) is 0 Å². The van der Waals surface area contributed by atoms with Crippen LogP contribution < -0.4 is 11.1 Å². The smallest absolute Gasteiger partial charge is 0.248 e. The molecule has 0 aromatic carbocycles. The van der Waals surface area contributed by atoms with Gasteiger partial charge in [-0.05, 0) is 26.2 Å². The molecule has 1 aromatic rings. The molecule has 0 amide bonds. The van der Waals surface area contributed by atoms with Gasteiger partial charge in [0.1, 0.15) is 6.54 Å². The molecule has 0 radical (unpaired) electrons. The molecule has 0 saturated heterocycles. The van der Waals surface area contributed by atoms with Gasteiger partial charge < -0.3 is 15.6 Å². The molecule has 6 nitrogen and oxygen atoms in total. The van der Waals surface area contributed by atoms with Crippen LogP contribution in [-0.2, 0) is 6.54 Å². The second kappa shape index (κ2) is 7.76. The van der Waals surface area contributed by atoms with Gasteiger partial charge in [0.05, 0.1) is 0 Å². The number of rotatable bonds is 7. The summed E-state index contributed by atoms with van der Waals surface area (Å²) in [6.07, 6.45) is 3.53. The van der Waals surface area contributed by atoms with Crippen LogP contribution in [0, 0.1) is 12.8 Å². The first-order chi connectivity index (χ1) is 8.97. The Balaban J connectivity index is 2.27. The number of nitrogens with zero attached hydrogens (tertiary/aromatic N) is 3. The van der Waals surface area contributed by atoms with E-state index in [0.717, 1.165) is 12.3 Å². The summed E-state index contributed by atoms with van der Waals surface area (Å²) in [7, 11) is 0. The summed E-state index contributed by atoms with van der Waals surface area (Å²) in [6.45, 7) is 8.67. The van der Waals surface area contributed by atoms with Crippen molar-refractivity contribution < 1.29 is 4.52 Å². The highest BCUT2D eigenvalue weighted by Gasteiger charge is 2.05. The zero-order chi connectivity index (χ0) is 14.3. The molecule has 0 aliphatic heterocycles. The molecular weight excluding hydrogens is 242 g/mol. The van der Waals surface area contributed by atoms with Crippen LogP contribution in [0.5, 0.6) is 0 Å².